The molecule has 0 saturated heterocycles. The third kappa shape index (κ3) is 3.06. The van der Waals surface area contributed by atoms with Crippen molar-refractivity contribution in [2.24, 2.45) is 7.05 Å². The van der Waals surface area contributed by atoms with E-state index in [9.17, 15) is 9.59 Å². The van der Waals surface area contributed by atoms with Gasteiger partial charge in [0.1, 0.15) is 5.52 Å². The van der Waals surface area contributed by atoms with Gasteiger partial charge >= 0.3 is 5.97 Å². The summed E-state index contributed by atoms with van der Waals surface area (Å²) >= 11 is 0. The van der Waals surface area contributed by atoms with Crippen molar-refractivity contribution in [3.8, 4) is 0 Å². The molecule has 2 aromatic rings. The van der Waals surface area contributed by atoms with E-state index in [0.717, 1.165) is 5.52 Å². The summed E-state index contributed by atoms with van der Waals surface area (Å²) in [5.41, 5.74) is 1.99. The molecule has 19 heavy (non-hydrogen) atoms. The number of carboxylic acids is 1. The van der Waals surface area contributed by atoms with E-state index in [-0.39, 0.29) is 12.3 Å². The Morgan fingerprint density at radius 2 is 2.21 bits per heavy atom. The first-order valence-corrected chi connectivity index (χ1v) is 5.87. The topological polar surface area (TPSA) is 97.1 Å². The average molecular weight is 262 g/mol. The van der Waals surface area contributed by atoms with Gasteiger partial charge in [0.05, 0.1) is 5.52 Å². The molecule has 0 bridgehead atoms. The van der Waals surface area contributed by atoms with E-state index in [1.807, 2.05) is 0 Å². The number of aryl methyl sites for hydroxylation is 1. The summed E-state index contributed by atoms with van der Waals surface area (Å²) < 4.78 is 1.63. The lowest BCUT2D eigenvalue weighted by atomic mass is 10.2. The summed E-state index contributed by atoms with van der Waals surface area (Å²) in [5.74, 6) is -1.10. The van der Waals surface area contributed by atoms with Crippen molar-refractivity contribution in [2.45, 2.75) is 12.8 Å². The average Bonchev–Trinajstić information content (AvgIpc) is 2.75. The fourth-order valence-corrected chi connectivity index (χ4v) is 1.73. The standard InChI is InChI=1S/C12H14N4O3/c1-16-10-5-4-8(7-9(10)14-15-16)12(19)13-6-2-3-11(17)18/h4-5,7H,2-3,6H2,1H3,(H,13,19)(H,17,18). The molecule has 7 heteroatoms. The third-order valence-electron chi connectivity index (χ3n) is 2.73. The molecule has 2 N–H and O–H groups in total. The number of aromatic nitrogens is 3. The Kier molecular flexibility index (Phi) is 3.74. The van der Waals surface area contributed by atoms with Crippen molar-refractivity contribution in [1.29, 1.82) is 0 Å². The number of benzene rings is 1. The molecule has 2 rings (SSSR count). The molecular weight excluding hydrogens is 248 g/mol. The van der Waals surface area contributed by atoms with Gasteiger partial charge in [-0.3, -0.25) is 9.59 Å². The van der Waals surface area contributed by atoms with Gasteiger partial charge in [-0.15, -0.1) is 5.10 Å². The number of fused-ring (bicyclic) bond motifs is 1. The number of carbonyl (C=O) groups excluding carboxylic acids is 1. The van der Waals surface area contributed by atoms with Crippen molar-refractivity contribution in [3.63, 3.8) is 0 Å². The van der Waals surface area contributed by atoms with Crippen LogP contribution in [0.1, 0.15) is 23.2 Å². The van der Waals surface area contributed by atoms with Crippen LogP contribution in [0.15, 0.2) is 18.2 Å². The van der Waals surface area contributed by atoms with Gasteiger partial charge in [-0.2, -0.15) is 0 Å². The molecule has 0 saturated carbocycles. The summed E-state index contributed by atoms with van der Waals surface area (Å²) in [6.45, 7) is 0.337. The number of hydrogen-bond acceptors (Lipinski definition) is 4. The summed E-state index contributed by atoms with van der Waals surface area (Å²) in [6.07, 6.45) is 0.456. The summed E-state index contributed by atoms with van der Waals surface area (Å²) in [5, 5.41) is 19.0. The van der Waals surface area contributed by atoms with Gasteiger partial charge in [0.25, 0.3) is 5.91 Å². The van der Waals surface area contributed by atoms with E-state index < -0.39 is 5.97 Å². The number of aliphatic carboxylic acids is 1. The van der Waals surface area contributed by atoms with Gasteiger partial charge < -0.3 is 10.4 Å². The van der Waals surface area contributed by atoms with E-state index >= 15 is 0 Å². The van der Waals surface area contributed by atoms with Gasteiger partial charge in [-0.05, 0) is 24.6 Å². The van der Waals surface area contributed by atoms with Gasteiger partial charge in [-0.25, -0.2) is 4.68 Å². The van der Waals surface area contributed by atoms with Crippen LogP contribution in [0.25, 0.3) is 11.0 Å². The maximum Gasteiger partial charge on any atom is 0.303 e. The van der Waals surface area contributed by atoms with Crippen LogP contribution in [0.4, 0.5) is 0 Å². The molecule has 0 spiro atoms. The van der Waals surface area contributed by atoms with Crippen molar-refractivity contribution in [1.82, 2.24) is 20.3 Å². The number of rotatable bonds is 5. The number of hydrogen-bond donors (Lipinski definition) is 2. The first-order valence-electron chi connectivity index (χ1n) is 5.87. The minimum absolute atomic E-state index is 0.0451. The van der Waals surface area contributed by atoms with Crippen LogP contribution in [-0.4, -0.2) is 38.5 Å². The van der Waals surface area contributed by atoms with Crippen LogP contribution in [0.2, 0.25) is 0 Å². The highest BCUT2D eigenvalue weighted by Crippen LogP contribution is 2.12. The van der Waals surface area contributed by atoms with E-state index in [0.29, 0.717) is 24.0 Å². The molecule has 1 aromatic carbocycles. The monoisotopic (exact) mass is 262 g/mol. The van der Waals surface area contributed by atoms with Crippen LogP contribution in [0, 0.1) is 0 Å². The van der Waals surface area contributed by atoms with Crippen molar-refractivity contribution in [3.05, 3.63) is 23.8 Å². The van der Waals surface area contributed by atoms with Crippen molar-refractivity contribution < 1.29 is 14.7 Å². The Hall–Kier alpha value is -2.44. The smallest absolute Gasteiger partial charge is 0.303 e. The first-order chi connectivity index (χ1) is 9.08. The largest absolute Gasteiger partial charge is 0.481 e. The Labute approximate surface area is 109 Å². The molecule has 0 aliphatic carbocycles. The molecule has 0 fully saturated rings. The van der Waals surface area contributed by atoms with Gasteiger partial charge in [0, 0.05) is 25.6 Å². The van der Waals surface area contributed by atoms with Crippen LogP contribution < -0.4 is 5.32 Å². The molecule has 0 aliphatic rings. The van der Waals surface area contributed by atoms with Gasteiger partial charge in [-0.1, -0.05) is 5.21 Å². The van der Waals surface area contributed by atoms with E-state index in [4.69, 9.17) is 5.11 Å². The predicted molar refractivity (Wildman–Crippen MR) is 67.7 cm³/mol. The second-order valence-corrected chi connectivity index (χ2v) is 4.17. The molecule has 1 amide bonds. The second kappa shape index (κ2) is 5.47. The zero-order valence-corrected chi connectivity index (χ0v) is 10.5. The predicted octanol–water partition coefficient (Wildman–Crippen LogP) is 0.563. The second-order valence-electron chi connectivity index (χ2n) is 4.17. The highest BCUT2D eigenvalue weighted by Gasteiger charge is 2.08. The summed E-state index contributed by atoms with van der Waals surface area (Å²) in [6, 6.07) is 5.13. The number of carbonyl (C=O) groups is 2. The Morgan fingerprint density at radius 1 is 1.42 bits per heavy atom. The molecule has 7 nitrogen and oxygen atoms in total. The van der Waals surface area contributed by atoms with Crippen LogP contribution in [-0.2, 0) is 11.8 Å². The highest BCUT2D eigenvalue weighted by atomic mass is 16.4. The number of nitrogens with zero attached hydrogens (tertiary/aromatic N) is 3. The van der Waals surface area contributed by atoms with Crippen LogP contribution in [0.5, 0.6) is 0 Å². The number of carboxylic acid groups (broad SMARTS) is 1. The van der Waals surface area contributed by atoms with E-state index in [1.54, 1.807) is 29.9 Å². The Balaban J connectivity index is 1.99. The number of nitrogens with one attached hydrogen (secondary N) is 1. The number of amides is 1. The maximum atomic E-state index is 11.8. The summed E-state index contributed by atoms with van der Waals surface area (Å²) in [7, 11) is 1.78. The molecule has 100 valence electrons. The lowest BCUT2D eigenvalue weighted by Crippen LogP contribution is -2.24. The molecule has 0 atom stereocenters. The third-order valence-corrected chi connectivity index (χ3v) is 2.73. The SMILES string of the molecule is Cn1nnc2cc(C(=O)NCCCC(=O)O)ccc21. The maximum absolute atomic E-state index is 11.8. The molecule has 0 unspecified atom stereocenters. The quantitative estimate of drug-likeness (QED) is 0.767. The molecule has 0 radical (unpaired) electrons. The van der Waals surface area contributed by atoms with Gasteiger partial charge in [0.15, 0.2) is 0 Å². The molecule has 0 aliphatic heterocycles. The minimum atomic E-state index is -0.866. The van der Waals surface area contributed by atoms with E-state index in [1.165, 1.54) is 0 Å². The fourth-order valence-electron chi connectivity index (χ4n) is 1.73. The highest BCUT2D eigenvalue weighted by molar-refractivity contribution is 5.97. The fraction of sp³-hybridized carbons (Fsp3) is 0.333. The van der Waals surface area contributed by atoms with Crippen LogP contribution >= 0.6 is 0 Å². The van der Waals surface area contributed by atoms with E-state index in [2.05, 4.69) is 15.6 Å². The Morgan fingerprint density at radius 3 is 2.95 bits per heavy atom. The molecule has 1 heterocycles. The van der Waals surface area contributed by atoms with Gasteiger partial charge in [0.2, 0.25) is 0 Å². The summed E-state index contributed by atoms with van der Waals surface area (Å²) in [4.78, 5) is 22.2. The zero-order valence-electron chi connectivity index (χ0n) is 10.5. The Bertz CT molecular complexity index is 620. The first kappa shape index (κ1) is 13.0. The zero-order chi connectivity index (χ0) is 13.8. The molecular formula is C12H14N4O3. The normalized spacial score (nSPS) is 10.6. The van der Waals surface area contributed by atoms with Crippen LogP contribution in [0.3, 0.4) is 0 Å². The van der Waals surface area contributed by atoms with Crippen molar-refractivity contribution in [2.75, 3.05) is 6.54 Å². The molecule has 1 aromatic heterocycles. The lowest BCUT2D eigenvalue weighted by Gasteiger charge is -2.04. The van der Waals surface area contributed by atoms with Crippen molar-refractivity contribution >= 4 is 22.9 Å². The lowest BCUT2D eigenvalue weighted by molar-refractivity contribution is -0.137. The minimum Gasteiger partial charge on any atom is -0.481 e.